The highest BCUT2D eigenvalue weighted by Gasteiger charge is 2.26. The molecular weight excluding hydrogens is 234 g/mol. The van der Waals surface area contributed by atoms with Crippen LogP contribution < -0.4 is 5.73 Å². The third kappa shape index (κ3) is 2.96. The van der Waals surface area contributed by atoms with Crippen molar-refractivity contribution in [2.75, 3.05) is 5.73 Å². The standard InChI is InChI=1S/C16H29N3/c1-4-8-12(3)14-15(17)19(11-5-2)16(18-14)13-9-6-7-10-13/h12-13H,4-11,17H2,1-3H3. The average Bonchev–Trinajstić information content (AvgIpc) is 3.00. The lowest BCUT2D eigenvalue weighted by Gasteiger charge is -2.13. The predicted molar refractivity (Wildman–Crippen MR) is 81.5 cm³/mol. The van der Waals surface area contributed by atoms with Crippen LogP contribution in [0.1, 0.15) is 89.1 Å². The molecule has 1 saturated carbocycles. The summed E-state index contributed by atoms with van der Waals surface area (Å²) in [5.41, 5.74) is 7.54. The van der Waals surface area contributed by atoms with Crippen LogP contribution in [0.15, 0.2) is 0 Å². The van der Waals surface area contributed by atoms with E-state index in [1.165, 1.54) is 44.3 Å². The average molecular weight is 263 g/mol. The van der Waals surface area contributed by atoms with Gasteiger partial charge < -0.3 is 10.3 Å². The maximum atomic E-state index is 6.39. The molecule has 1 aliphatic carbocycles. The summed E-state index contributed by atoms with van der Waals surface area (Å²) in [6, 6.07) is 0. The van der Waals surface area contributed by atoms with E-state index in [1.54, 1.807) is 0 Å². The van der Waals surface area contributed by atoms with Gasteiger partial charge in [0, 0.05) is 18.4 Å². The number of nitrogens with two attached hydrogens (primary N) is 1. The fourth-order valence-corrected chi connectivity index (χ4v) is 3.39. The number of imidazole rings is 1. The van der Waals surface area contributed by atoms with Crippen molar-refractivity contribution in [3.8, 4) is 0 Å². The Morgan fingerprint density at radius 3 is 2.53 bits per heavy atom. The third-order valence-electron chi connectivity index (χ3n) is 4.42. The second kappa shape index (κ2) is 6.44. The van der Waals surface area contributed by atoms with E-state index >= 15 is 0 Å². The van der Waals surface area contributed by atoms with E-state index in [4.69, 9.17) is 10.7 Å². The van der Waals surface area contributed by atoms with Crippen molar-refractivity contribution in [2.24, 2.45) is 0 Å². The van der Waals surface area contributed by atoms with Gasteiger partial charge in [0.25, 0.3) is 0 Å². The van der Waals surface area contributed by atoms with Gasteiger partial charge in [0.05, 0.1) is 5.69 Å². The summed E-state index contributed by atoms with van der Waals surface area (Å²) in [6.45, 7) is 7.72. The van der Waals surface area contributed by atoms with E-state index in [1.807, 2.05) is 0 Å². The Morgan fingerprint density at radius 1 is 1.26 bits per heavy atom. The zero-order valence-corrected chi connectivity index (χ0v) is 12.8. The van der Waals surface area contributed by atoms with Gasteiger partial charge in [0.1, 0.15) is 11.6 Å². The van der Waals surface area contributed by atoms with Gasteiger partial charge in [-0.2, -0.15) is 0 Å². The van der Waals surface area contributed by atoms with Gasteiger partial charge in [-0.1, -0.05) is 40.0 Å². The van der Waals surface area contributed by atoms with Crippen LogP contribution in [0.2, 0.25) is 0 Å². The molecule has 0 spiro atoms. The molecule has 1 heterocycles. The molecule has 3 heteroatoms. The van der Waals surface area contributed by atoms with E-state index in [-0.39, 0.29) is 0 Å². The normalized spacial score (nSPS) is 18.1. The van der Waals surface area contributed by atoms with Gasteiger partial charge in [-0.15, -0.1) is 0 Å². The van der Waals surface area contributed by atoms with Gasteiger partial charge in [-0.25, -0.2) is 4.98 Å². The maximum Gasteiger partial charge on any atom is 0.127 e. The zero-order chi connectivity index (χ0) is 13.8. The Labute approximate surface area is 117 Å². The van der Waals surface area contributed by atoms with E-state index in [0.29, 0.717) is 11.8 Å². The second-order valence-electron chi connectivity index (χ2n) is 6.06. The number of nitrogens with zero attached hydrogens (tertiary/aromatic N) is 2. The summed E-state index contributed by atoms with van der Waals surface area (Å²) in [4.78, 5) is 4.97. The summed E-state index contributed by atoms with van der Waals surface area (Å²) in [5, 5.41) is 0. The minimum atomic E-state index is 0.489. The Kier molecular flexibility index (Phi) is 4.89. The summed E-state index contributed by atoms with van der Waals surface area (Å²) < 4.78 is 2.30. The molecule has 0 saturated heterocycles. The molecule has 19 heavy (non-hydrogen) atoms. The highest BCUT2D eigenvalue weighted by Crippen LogP contribution is 2.37. The number of anilines is 1. The van der Waals surface area contributed by atoms with Gasteiger partial charge >= 0.3 is 0 Å². The highest BCUT2D eigenvalue weighted by atomic mass is 15.1. The summed E-state index contributed by atoms with van der Waals surface area (Å²) in [7, 11) is 0. The Morgan fingerprint density at radius 2 is 1.95 bits per heavy atom. The van der Waals surface area contributed by atoms with Crippen molar-refractivity contribution in [1.29, 1.82) is 0 Å². The fraction of sp³-hybridized carbons (Fsp3) is 0.812. The van der Waals surface area contributed by atoms with Crippen molar-refractivity contribution in [3.05, 3.63) is 11.5 Å². The molecule has 1 aromatic heterocycles. The molecule has 1 atom stereocenters. The van der Waals surface area contributed by atoms with Crippen LogP contribution in [0.4, 0.5) is 5.82 Å². The van der Waals surface area contributed by atoms with Crippen LogP contribution in [0.5, 0.6) is 0 Å². The number of hydrogen-bond acceptors (Lipinski definition) is 2. The molecule has 3 nitrogen and oxygen atoms in total. The zero-order valence-electron chi connectivity index (χ0n) is 12.8. The maximum absolute atomic E-state index is 6.39. The lowest BCUT2D eigenvalue weighted by Crippen LogP contribution is -2.09. The highest BCUT2D eigenvalue weighted by molar-refractivity contribution is 5.41. The van der Waals surface area contributed by atoms with Crippen LogP contribution in [0.25, 0.3) is 0 Å². The van der Waals surface area contributed by atoms with Crippen molar-refractivity contribution < 1.29 is 0 Å². The first-order valence-corrected chi connectivity index (χ1v) is 8.04. The van der Waals surface area contributed by atoms with E-state index in [0.717, 1.165) is 24.5 Å². The Hall–Kier alpha value is -0.990. The minimum Gasteiger partial charge on any atom is -0.384 e. The monoisotopic (exact) mass is 263 g/mol. The molecule has 0 amide bonds. The number of nitrogen functional groups attached to an aromatic ring is 1. The summed E-state index contributed by atoms with van der Waals surface area (Å²) in [6.07, 6.45) is 8.79. The Balaban J connectivity index is 2.32. The molecule has 1 aliphatic rings. The SMILES string of the molecule is CCCC(C)c1nc(C2CCCC2)n(CCC)c1N. The van der Waals surface area contributed by atoms with Gasteiger partial charge in [-0.3, -0.25) is 0 Å². The number of hydrogen-bond donors (Lipinski definition) is 1. The van der Waals surface area contributed by atoms with Crippen LogP contribution >= 0.6 is 0 Å². The molecule has 0 bridgehead atoms. The van der Waals surface area contributed by atoms with E-state index in [2.05, 4.69) is 25.3 Å². The van der Waals surface area contributed by atoms with Gasteiger partial charge in [0.15, 0.2) is 0 Å². The molecule has 0 aromatic carbocycles. The lowest BCUT2D eigenvalue weighted by molar-refractivity contribution is 0.578. The smallest absolute Gasteiger partial charge is 0.127 e. The molecule has 1 fully saturated rings. The van der Waals surface area contributed by atoms with Crippen molar-refractivity contribution in [1.82, 2.24) is 9.55 Å². The number of rotatable bonds is 6. The Bertz CT molecular complexity index is 402. The molecular formula is C16H29N3. The van der Waals surface area contributed by atoms with Crippen molar-refractivity contribution in [3.63, 3.8) is 0 Å². The quantitative estimate of drug-likeness (QED) is 0.824. The fourth-order valence-electron chi connectivity index (χ4n) is 3.39. The van der Waals surface area contributed by atoms with Crippen molar-refractivity contribution in [2.45, 2.75) is 84.1 Å². The lowest BCUT2D eigenvalue weighted by atomic mass is 10.0. The minimum absolute atomic E-state index is 0.489. The van der Waals surface area contributed by atoms with Crippen LogP contribution in [0.3, 0.4) is 0 Å². The van der Waals surface area contributed by atoms with Gasteiger partial charge in [-0.05, 0) is 25.7 Å². The molecule has 1 aromatic rings. The van der Waals surface area contributed by atoms with Crippen LogP contribution in [-0.4, -0.2) is 9.55 Å². The first kappa shape index (κ1) is 14.4. The molecule has 0 aliphatic heterocycles. The predicted octanol–water partition coefficient (Wildman–Crippen LogP) is 4.44. The molecule has 2 N–H and O–H groups in total. The molecule has 108 valence electrons. The van der Waals surface area contributed by atoms with Gasteiger partial charge in [0.2, 0.25) is 0 Å². The summed E-state index contributed by atoms with van der Waals surface area (Å²) in [5.74, 6) is 3.35. The largest absolute Gasteiger partial charge is 0.384 e. The first-order valence-electron chi connectivity index (χ1n) is 8.04. The summed E-state index contributed by atoms with van der Waals surface area (Å²) >= 11 is 0. The van der Waals surface area contributed by atoms with Crippen LogP contribution in [-0.2, 0) is 6.54 Å². The van der Waals surface area contributed by atoms with Crippen molar-refractivity contribution >= 4 is 5.82 Å². The molecule has 1 unspecified atom stereocenters. The van der Waals surface area contributed by atoms with E-state index in [9.17, 15) is 0 Å². The molecule has 2 rings (SSSR count). The molecule has 0 radical (unpaired) electrons. The van der Waals surface area contributed by atoms with Crippen LogP contribution in [0, 0.1) is 0 Å². The van der Waals surface area contributed by atoms with E-state index < -0.39 is 0 Å². The number of aromatic nitrogens is 2. The first-order chi connectivity index (χ1) is 9.19. The second-order valence-corrected chi connectivity index (χ2v) is 6.06. The third-order valence-corrected chi connectivity index (χ3v) is 4.42. The topological polar surface area (TPSA) is 43.8 Å².